The molecule has 0 radical (unpaired) electrons. The van der Waals surface area contributed by atoms with E-state index in [1.807, 2.05) is 6.07 Å². The van der Waals surface area contributed by atoms with Crippen molar-refractivity contribution in [2.45, 2.75) is 0 Å². The molecule has 1 amide bonds. The maximum atomic E-state index is 12.0. The van der Waals surface area contributed by atoms with Crippen LogP contribution in [-0.4, -0.2) is 31.7 Å². The predicted molar refractivity (Wildman–Crippen MR) is 87.5 cm³/mol. The maximum Gasteiger partial charge on any atom is 0.338 e. The van der Waals surface area contributed by atoms with Gasteiger partial charge in [-0.05, 0) is 36.4 Å². The summed E-state index contributed by atoms with van der Waals surface area (Å²) < 4.78 is 15.8. The summed E-state index contributed by atoms with van der Waals surface area (Å²) in [7, 11) is 0. The Labute approximate surface area is 143 Å². The zero-order valence-electron chi connectivity index (χ0n) is 13.2. The quantitative estimate of drug-likeness (QED) is 0.858. The van der Waals surface area contributed by atoms with E-state index in [1.54, 1.807) is 30.3 Å². The van der Waals surface area contributed by atoms with Crippen molar-refractivity contribution < 1.29 is 23.8 Å². The van der Waals surface area contributed by atoms with Gasteiger partial charge in [0.05, 0.1) is 17.2 Å². The first-order chi connectivity index (χ1) is 12.2. The van der Waals surface area contributed by atoms with Crippen molar-refractivity contribution in [1.29, 1.82) is 5.26 Å². The molecule has 1 N–H and O–H groups in total. The second-order valence-corrected chi connectivity index (χ2v) is 5.18. The lowest BCUT2D eigenvalue weighted by atomic mass is 10.2. The number of hydrogen-bond donors (Lipinski definition) is 1. The smallest absolute Gasteiger partial charge is 0.338 e. The highest BCUT2D eigenvalue weighted by Gasteiger charge is 2.16. The summed E-state index contributed by atoms with van der Waals surface area (Å²) in [4.78, 5) is 23.9. The molecule has 0 bridgehead atoms. The van der Waals surface area contributed by atoms with E-state index in [-0.39, 0.29) is 5.56 Å². The molecule has 7 heteroatoms. The van der Waals surface area contributed by atoms with E-state index in [1.165, 1.54) is 12.1 Å². The average Bonchev–Trinajstić information content (AvgIpc) is 2.65. The molecule has 0 unspecified atom stereocenters. The van der Waals surface area contributed by atoms with Crippen molar-refractivity contribution in [3.8, 4) is 17.6 Å². The van der Waals surface area contributed by atoms with Gasteiger partial charge in [0.25, 0.3) is 5.91 Å². The number of ether oxygens (including phenoxy) is 3. The van der Waals surface area contributed by atoms with Gasteiger partial charge >= 0.3 is 5.97 Å². The number of fused-ring (bicyclic) bond motifs is 1. The largest absolute Gasteiger partial charge is 0.486 e. The molecule has 25 heavy (non-hydrogen) atoms. The third-order valence-electron chi connectivity index (χ3n) is 3.39. The third-order valence-corrected chi connectivity index (χ3v) is 3.39. The molecule has 0 saturated heterocycles. The van der Waals surface area contributed by atoms with E-state index in [9.17, 15) is 9.59 Å². The maximum absolute atomic E-state index is 12.0. The van der Waals surface area contributed by atoms with Gasteiger partial charge in [0.2, 0.25) is 0 Å². The van der Waals surface area contributed by atoms with Crippen molar-refractivity contribution in [2.24, 2.45) is 0 Å². The molecule has 3 rings (SSSR count). The van der Waals surface area contributed by atoms with Crippen molar-refractivity contribution in [2.75, 3.05) is 25.1 Å². The number of nitrogens with one attached hydrogen (secondary N) is 1. The molecular formula is C18H14N2O5. The summed E-state index contributed by atoms with van der Waals surface area (Å²) in [6.45, 7) is 0.434. The fourth-order valence-electron chi connectivity index (χ4n) is 2.25. The van der Waals surface area contributed by atoms with Gasteiger partial charge in [-0.15, -0.1) is 0 Å². The number of anilines is 1. The van der Waals surface area contributed by atoms with Gasteiger partial charge in [0, 0.05) is 5.69 Å². The fraction of sp³-hybridized carbons (Fsp3) is 0.167. The summed E-state index contributed by atoms with van der Waals surface area (Å²) in [5, 5.41) is 11.4. The second kappa shape index (κ2) is 7.36. The van der Waals surface area contributed by atoms with Crippen molar-refractivity contribution in [1.82, 2.24) is 0 Å². The number of hydrogen-bond acceptors (Lipinski definition) is 6. The second-order valence-electron chi connectivity index (χ2n) is 5.18. The van der Waals surface area contributed by atoms with Gasteiger partial charge in [-0.3, -0.25) is 4.79 Å². The van der Waals surface area contributed by atoms with Crippen LogP contribution in [0.5, 0.6) is 11.5 Å². The van der Waals surface area contributed by atoms with E-state index in [0.29, 0.717) is 36.0 Å². The monoisotopic (exact) mass is 338 g/mol. The number of nitriles is 1. The Morgan fingerprint density at radius 3 is 2.72 bits per heavy atom. The Hall–Kier alpha value is -3.53. The molecule has 2 aromatic carbocycles. The molecule has 0 saturated carbocycles. The molecule has 0 atom stereocenters. The topological polar surface area (TPSA) is 97.7 Å². The molecule has 0 aliphatic carbocycles. The number of rotatable bonds is 4. The van der Waals surface area contributed by atoms with Crippen LogP contribution in [0.3, 0.4) is 0 Å². The summed E-state index contributed by atoms with van der Waals surface area (Å²) in [6, 6.07) is 13.1. The highest BCUT2D eigenvalue weighted by Crippen LogP contribution is 2.30. The van der Waals surface area contributed by atoms with E-state index in [2.05, 4.69) is 5.32 Å². The highest BCUT2D eigenvalue weighted by atomic mass is 16.6. The molecule has 1 aliphatic heterocycles. The first-order valence-corrected chi connectivity index (χ1v) is 7.52. The first-order valence-electron chi connectivity index (χ1n) is 7.52. The third kappa shape index (κ3) is 4.06. The van der Waals surface area contributed by atoms with Crippen LogP contribution in [0.1, 0.15) is 15.9 Å². The molecule has 126 valence electrons. The number of carbonyl (C=O) groups is 2. The number of amides is 1. The summed E-state index contributed by atoms with van der Waals surface area (Å²) in [5.41, 5.74) is 1.15. The molecule has 0 fully saturated rings. The molecule has 1 heterocycles. The average molecular weight is 338 g/mol. The van der Waals surface area contributed by atoms with Crippen molar-refractivity contribution in [3.05, 3.63) is 53.6 Å². The van der Waals surface area contributed by atoms with Crippen LogP contribution >= 0.6 is 0 Å². The zero-order valence-corrected chi connectivity index (χ0v) is 13.2. The minimum Gasteiger partial charge on any atom is -0.486 e. The Bertz CT molecular complexity index is 857. The number of benzene rings is 2. The van der Waals surface area contributed by atoms with Gasteiger partial charge < -0.3 is 19.5 Å². The van der Waals surface area contributed by atoms with Gasteiger partial charge in [-0.25, -0.2) is 4.79 Å². The van der Waals surface area contributed by atoms with Gasteiger partial charge in [0.15, 0.2) is 18.1 Å². The normalized spacial score (nSPS) is 12.0. The van der Waals surface area contributed by atoms with Crippen molar-refractivity contribution >= 4 is 17.6 Å². The Morgan fingerprint density at radius 2 is 1.92 bits per heavy atom. The molecule has 0 spiro atoms. The predicted octanol–water partition coefficient (Wildman–Crippen LogP) is 2.12. The van der Waals surface area contributed by atoms with E-state index >= 15 is 0 Å². The SMILES string of the molecule is N#Cc1cccc(NC(=O)COC(=O)c2ccc3c(c2)OCCO3)c1. The van der Waals surface area contributed by atoms with Crippen LogP contribution in [-0.2, 0) is 9.53 Å². The van der Waals surface area contributed by atoms with E-state index < -0.39 is 18.5 Å². The summed E-state index contributed by atoms with van der Waals surface area (Å²) in [6.07, 6.45) is 0. The molecular weight excluding hydrogens is 324 g/mol. The van der Waals surface area contributed by atoms with Crippen LogP contribution in [0.25, 0.3) is 0 Å². The molecule has 7 nitrogen and oxygen atoms in total. The van der Waals surface area contributed by atoms with Crippen LogP contribution in [0.2, 0.25) is 0 Å². The number of esters is 1. The van der Waals surface area contributed by atoms with E-state index in [0.717, 1.165) is 0 Å². The summed E-state index contributed by atoms with van der Waals surface area (Å²) in [5.74, 6) is -0.102. The number of nitrogens with zero attached hydrogens (tertiary/aromatic N) is 1. The van der Waals surface area contributed by atoms with Crippen LogP contribution < -0.4 is 14.8 Å². The Balaban J connectivity index is 1.56. The van der Waals surface area contributed by atoms with Crippen LogP contribution in [0.15, 0.2) is 42.5 Å². The standard InChI is InChI=1S/C18H14N2O5/c19-10-12-2-1-3-14(8-12)20-17(21)11-25-18(22)13-4-5-15-16(9-13)24-7-6-23-15/h1-5,8-9H,6-7,11H2,(H,20,21). The van der Waals surface area contributed by atoms with Crippen LogP contribution in [0.4, 0.5) is 5.69 Å². The molecule has 1 aliphatic rings. The van der Waals surface area contributed by atoms with Gasteiger partial charge in [-0.2, -0.15) is 5.26 Å². The number of carbonyl (C=O) groups excluding carboxylic acids is 2. The minimum absolute atomic E-state index is 0.267. The van der Waals surface area contributed by atoms with Crippen molar-refractivity contribution in [3.63, 3.8) is 0 Å². The Kier molecular flexibility index (Phi) is 4.81. The lowest BCUT2D eigenvalue weighted by molar-refractivity contribution is -0.119. The Morgan fingerprint density at radius 1 is 1.12 bits per heavy atom. The van der Waals surface area contributed by atoms with Crippen LogP contribution in [0, 0.1) is 11.3 Å². The highest BCUT2D eigenvalue weighted by molar-refractivity contribution is 5.95. The molecule has 2 aromatic rings. The minimum atomic E-state index is -0.641. The fourth-order valence-corrected chi connectivity index (χ4v) is 2.25. The van der Waals surface area contributed by atoms with E-state index in [4.69, 9.17) is 19.5 Å². The molecule has 0 aromatic heterocycles. The summed E-state index contributed by atoms with van der Waals surface area (Å²) >= 11 is 0. The zero-order chi connectivity index (χ0) is 17.6. The first kappa shape index (κ1) is 16.3. The lowest BCUT2D eigenvalue weighted by Crippen LogP contribution is -2.21. The lowest BCUT2D eigenvalue weighted by Gasteiger charge is -2.18. The van der Waals surface area contributed by atoms with Gasteiger partial charge in [0.1, 0.15) is 13.2 Å². The van der Waals surface area contributed by atoms with Gasteiger partial charge in [-0.1, -0.05) is 6.07 Å².